The molecule has 4 heteroatoms. The van der Waals surface area contributed by atoms with E-state index >= 15 is 0 Å². The van der Waals surface area contributed by atoms with Crippen LogP contribution in [0.2, 0.25) is 0 Å². The molecule has 1 amide bonds. The lowest BCUT2D eigenvalue weighted by molar-refractivity contribution is -0.150. The van der Waals surface area contributed by atoms with Crippen LogP contribution in [0.25, 0.3) is 0 Å². The van der Waals surface area contributed by atoms with E-state index in [0.29, 0.717) is 6.61 Å². The number of amides is 1. The van der Waals surface area contributed by atoms with E-state index in [2.05, 4.69) is 5.32 Å². The standard InChI is InChI=1S/C13H15NO3/c1-2-17-11(15)8-10-12(14-13(10)16)9-6-4-3-5-7-9/h3-7,10,12H,2,8H2,1H3,(H,14,16)/t10-,12-/m1/s1. The number of esters is 1. The Morgan fingerprint density at radius 3 is 2.65 bits per heavy atom. The minimum absolute atomic E-state index is 0.0619. The monoisotopic (exact) mass is 233 g/mol. The zero-order valence-electron chi connectivity index (χ0n) is 9.68. The summed E-state index contributed by atoms with van der Waals surface area (Å²) >= 11 is 0. The third kappa shape index (κ3) is 2.46. The maximum absolute atomic E-state index is 11.4. The second-order valence-electron chi connectivity index (χ2n) is 4.01. The fraction of sp³-hybridized carbons (Fsp3) is 0.385. The highest BCUT2D eigenvalue weighted by Crippen LogP contribution is 2.32. The maximum atomic E-state index is 11.4. The zero-order chi connectivity index (χ0) is 12.3. The second kappa shape index (κ2) is 4.99. The van der Waals surface area contributed by atoms with Gasteiger partial charge in [-0.15, -0.1) is 0 Å². The molecule has 90 valence electrons. The first-order valence-corrected chi connectivity index (χ1v) is 5.73. The Bertz CT molecular complexity index is 416. The van der Waals surface area contributed by atoms with Crippen LogP contribution in [0.4, 0.5) is 0 Å². The van der Waals surface area contributed by atoms with Crippen molar-refractivity contribution in [3.8, 4) is 0 Å². The van der Waals surface area contributed by atoms with Crippen molar-refractivity contribution in [2.24, 2.45) is 5.92 Å². The first-order chi connectivity index (χ1) is 8.22. The van der Waals surface area contributed by atoms with Crippen molar-refractivity contribution in [2.45, 2.75) is 19.4 Å². The van der Waals surface area contributed by atoms with E-state index in [4.69, 9.17) is 4.74 Å². The summed E-state index contributed by atoms with van der Waals surface area (Å²) in [5.74, 6) is -0.684. The summed E-state index contributed by atoms with van der Waals surface area (Å²) in [5, 5.41) is 2.81. The highest BCUT2D eigenvalue weighted by atomic mass is 16.5. The highest BCUT2D eigenvalue weighted by Gasteiger charge is 2.41. The van der Waals surface area contributed by atoms with Crippen LogP contribution < -0.4 is 5.32 Å². The van der Waals surface area contributed by atoms with E-state index in [1.54, 1.807) is 6.92 Å². The molecule has 4 nitrogen and oxygen atoms in total. The molecule has 0 bridgehead atoms. The van der Waals surface area contributed by atoms with Gasteiger partial charge >= 0.3 is 5.97 Å². The molecule has 1 heterocycles. The van der Waals surface area contributed by atoms with Crippen molar-refractivity contribution >= 4 is 11.9 Å². The van der Waals surface area contributed by atoms with E-state index < -0.39 is 0 Å². The van der Waals surface area contributed by atoms with Crippen LogP contribution in [-0.4, -0.2) is 18.5 Å². The summed E-state index contributed by atoms with van der Waals surface area (Å²) in [6, 6.07) is 9.59. The van der Waals surface area contributed by atoms with Crippen LogP contribution in [0.1, 0.15) is 24.9 Å². The Kier molecular flexibility index (Phi) is 3.42. The third-order valence-corrected chi connectivity index (χ3v) is 2.89. The molecule has 0 unspecified atom stereocenters. The number of β-lactam (4-membered cyclic amide) rings is 1. The van der Waals surface area contributed by atoms with Gasteiger partial charge in [0.1, 0.15) is 0 Å². The first kappa shape index (κ1) is 11.6. The fourth-order valence-corrected chi connectivity index (χ4v) is 2.00. The summed E-state index contributed by atoms with van der Waals surface area (Å²) < 4.78 is 4.86. The van der Waals surface area contributed by atoms with Gasteiger partial charge in [-0.05, 0) is 12.5 Å². The third-order valence-electron chi connectivity index (χ3n) is 2.89. The first-order valence-electron chi connectivity index (χ1n) is 5.73. The van der Waals surface area contributed by atoms with E-state index in [-0.39, 0.29) is 30.3 Å². The van der Waals surface area contributed by atoms with Gasteiger partial charge in [-0.3, -0.25) is 9.59 Å². The van der Waals surface area contributed by atoms with E-state index in [0.717, 1.165) is 5.56 Å². The summed E-state index contributed by atoms with van der Waals surface area (Å²) in [5.41, 5.74) is 1.03. The molecule has 2 atom stereocenters. The molecule has 1 fully saturated rings. The molecule has 1 aromatic rings. The summed E-state index contributed by atoms with van der Waals surface area (Å²) in [6.45, 7) is 2.11. The van der Waals surface area contributed by atoms with E-state index in [1.165, 1.54) is 0 Å². The molecular weight excluding hydrogens is 218 g/mol. The van der Waals surface area contributed by atoms with E-state index in [9.17, 15) is 9.59 Å². The Morgan fingerprint density at radius 1 is 1.35 bits per heavy atom. The lowest BCUT2D eigenvalue weighted by Crippen LogP contribution is -2.52. The highest BCUT2D eigenvalue weighted by molar-refractivity contribution is 5.90. The lowest BCUT2D eigenvalue weighted by Gasteiger charge is -2.36. The number of nitrogens with one attached hydrogen (secondary N) is 1. The van der Waals surface area contributed by atoms with Gasteiger partial charge in [0, 0.05) is 0 Å². The largest absolute Gasteiger partial charge is 0.466 e. The lowest BCUT2D eigenvalue weighted by atomic mass is 9.83. The Hall–Kier alpha value is -1.84. The van der Waals surface area contributed by atoms with Gasteiger partial charge in [0.15, 0.2) is 0 Å². The molecule has 0 radical (unpaired) electrons. The maximum Gasteiger partial charge on any atom is 0.306 e. The zero-order valence-corrected chi connectivity index (χ0v) is 9.68. The molecule has 1 aromatic carbocycles. The quantitative estimate of drug-likeness (QED) is 0.632. The molecule has 17 heavy (non-hydrogen) atoms. The molecular formula is C13H15NO3. The minimum Gasteiger partial charge on any atom is -0.466 e. The predicted octanol–water partition coefficient (Wildman–Crippen LogP) is 1.43. The molecule has 1 aliphatic heterocycles. The molecule has 2 rings (SSSR count). The molecule has 1 N–H and O–H groups in total. The van der Waals surface area contributed by atoms with Crippen LogP contribution in [0, 0.1) is 5.92 Å². The smallest absolute Gasteiger partial charge is 0.306 e. The van der Waals surface area contributed by atoms with Crippen LogP contribution in [0.15, 0.2) is 30.3 Å². The summed E-state index contributed by atoms with van der Waals surface area (Å²) in [6.07, 6.45) is 0.152. The predicted molar refractivity (Wildman–Crippen MR) is 62.1 cm³/mol. The van der Waals surface area contributed by atoms with Crippen LogP contribution in [-0.2, 0) is 14.3 Å². The van der Waals surface area contributed by atoms with Gasteiger partial charge in [-0.25, -0.2) is 0 Å². The SMILES string of the molecule is CCOC(=O)C[C@H]1C(=O)N[C@@H]1c1ccccc1. The van der Waals surface area contributed by atoms with Crippen LogP contribution >= 0.6 is 0 Å². The van der Waals surface area contributed by atoms with Gasteiger partial charge in [0.25, 0.3) is 0 Å². The van der Waals surface area contributed by atoms with Crippen molar-refractivity contribution in [3.05, 3.63) is 35.9 Å². The van der Waals surface area contributed by atoms with Crippen molar-refractivity contribution in [2.75, 3.05) is 6.61 Å². The second-order valence-corrected chi connectivity index (χ2v) is 4.01. The average molecular weight is 233 g/mol. The fourth-order valence-electron chi connectivity index (χ4n) is 2.00. The molecule has 0 aromatic heterocycles. The van der Waals surface area contributed by atoms with E-state index in [1.807, 2.05) is 30.3 Å². The van der Waals surface area contributed by atoms with Crippen molar-refractivity contribution in [3.63, 3.8) is 0 Å². The van der Waals surface area contributed by atoms with Crippen molar-refractivity contribution < 1.29 is 14.3 Å². The number of rotatable bonds is 4. The van der Waals surface area contributed by atoms with Crippen molar-refractivity contribution in [1.29, 1.82) is 0 Å². The number of benzene rings is 1. The summed E-state index contributed by atoms with van der Waals surface area (Å²) in [4.78, 5) is 22.8. The van der Waals surface area contributed by atoms with Gasteiger partial charge in [0.2, 0.25) is 5.91 Å². The Labute approximate surface area is 100.0 Å². The van der Waals surface area contributed by atoms with Gasteiger partial charge in [-0.2, -0.15) is 0 Å². The van der Waals surface area contributed by atoms with Crippen LogP contribution in [0.5, 0.6) is 0 Å². The molecule has 1 aliphatic rings. The topological polar surface area (TPSA) is 55.4 Å². The van der Waals surface area contributed by atoms with Gasteiger partial charge in [0.05, 0.1) is 25.0 Å². The Morgan fingerprint density at radius 2 is 2.06 bits per heavy atom. The minimum atomic E-state index is -0.312. The average Bonchev–Trinajstić information content (AvgIpc) is 2.34. The number of hydrogen-bond donors (Lipinski definition) is 1. The van der Waals surface area contributed by atoms with Crippen LogP contribution in [0.3, 0.4) is 0 Å². The number of carbonyl (C=O) groups excluding carboxylic acids is 2. The summed E-state index contributed by atoms with van der Waals surface area (Å²) in [7, 11) is 0. The molecule has 1 saturated heterocycles. The molecule has 0 saturated carbocycles. The Balaban J connectivity index is 2.01. The number of hydrogen-bond acceptors (Lipinski definition) is 3. The molecule has 0 spiro atoms. The molecule has 0 aliphatic carbocycles. The number of ether oxygens (including phenoxy) is 1. The van der Waals surface area contributed by atoms with Gasteiger partial charge in [-0.1, -0.05) is 30.3 Å². The normalized spacial score (nSPS) is 22.5. The van der Waals surface area contributed by atoms with Gasteiger partial charge < -0.3 is 10.1 Å². The van der Waals surface area contributed by atoms with Crippen molar-refractivity contribution in [1.82, 2.24) is 5.32 Å². The number of carbonyl (C=O) groups is 2.